The zero-order valence-electron chi connectivity index (χ0n) is 18.4. The highest BCUT2D eigenvalue weighted by atomic mass is 16.5. The first-order valence-corrected chi connectivity index (χ1v) is 11.4. The van der Waals surface area contributed by atoms with Crippen molar-refractivity contribution in [2.45, 2.75) is 51.8 Å². The Hall–Kier alpha value is -2.79. The summed E-state index contributed by atoms with van der Waals surface area (Å²) in [7, 11) is 0. The van der Waals surface area contributed by atoms with Crippen molar-refractivity contribution in [2.75, 3.05) is 18.0 Å². The van der Waals surface area contributed by atoms with Gasteiger partial charge in [0.15, 0.2) is 5.75 Å². The zero-order chi connectivity index (χ0) is 21.5. The third-order valence-corrected chi connectivity index (χ3v) is 6.85. The van der Waals surface area contributed by atoms with E-state index in [4.69, 9.17) is 10.5 Å². The molecular formula is C26H31N3O2. The van der Waals surface area contributed by atoms with E-state index in [0.29, 0.717) is 18.3 Å². The van der Waals surface area contributed by atoms with E-state index in [9.17, 15) is 4.79 Å². The summed E-state index contributed by atoms with van der Waals surface area (Å²) >= 11 is 0. The highest BCUT2D eigenvalue weighted by Crippen LogP contribution is 2.40. The summed E-state index contributed by atoms with van der Waals surface area (Å²) < 4.78 is 8.00. The van der Waals surface area contributed by atoms with Gasteiger partial charge in [0, 0.05) is 36.2 Å². The van der Waals surface area contributed by atoms with Crippen molar-refractivity contribution in [3.8, 4) is 5.75 Å². The lowest BCUT2D eigenvalue weighted by atomic mass is 10.0. The van der Waals surface area contributed by atoms with E-state index in [1.807, 2.05) is 41.0 Å². The Morgan fingerprint density at radius 3 is 2.58 bits per heavy atom. The topological polar surface area (TPSA) is 60.5 Å². The molecule has 5 nitrogen and oxygen atoms in total. The Labute approximate surface area is 183 Å². The predicted octanol–water partition coefficient (Wildman–Crippen LogP) is 4.40. The quantitative estimate of drug-likeness (QED) is 0.646. The van der Waals surface area contributed by atoms with Gasteiger partial charge >= 0.3 is 0 Å². The molecular weight excluding hydrogens is 386 g/mol. The van der Waals surface area contributed by atoms with E-state index in [1.54, 1.807) is 0 Å². The van der Waals surface area contributed by atoms with Crippen LogP contribution in [0, 0.1) is 12.8 Å². The van der Waals surface area contributed by atoms with Gasteiger partial charge in [0.25, 0.3) is 5.56 Å². The Kier molecular flexibility index (Phi) is 5.22. The van der Waals surface area contributed by atoms with Crippen LogP contribution in [0.1, 0.15) is 43.4 Å². The Morgan fingerprint density at radius 2 is 1.90 bits per heavy atom. The van der Waals surface area contributed by atoms with Crippen LogP contribution in [0.25, 0.3) is 10.9 Å². The van der Waals surface area contributed by atoms with Crippen molar-refractivity contribution < 1.29 is 4.74 Å². The van der Waals surface area contributed by atoms with Gasteiger partial charge in [0.1, 0.15) is 6.61 Å². The summed E-state index contributed by atoms with van der Waals surface area (Å²) in [5.74, 6) is 0.961. The van der Waals surface area contributed by atoms with Crippen LogP contribution in [0.2, 0.25) is 0 Å². The highest BCUT2D eigenvalue weighted by Gasteiger charge is 2.30. The third-order valence-electron chi connectivity index (χ3n) is 6.85. The van der Waals surface area contributed by atoms with Gasteiger partial charge in [-0.2, -0.15) is 0 Å². The molecule has 1 saturated carbocycles. The maximum Gasteiger partial charge on any atom is 0.293 e. The summed E-state index contributed by atoms with van der Waals surface area (Å²) in [6.07, 6.45) is 3.23. The summed E-state index contributed by atoms with van der Waals surface area (Å²) in [5, 5.41) is 1.07. The summed E-state index contributed by atoms with van der Waals surface area (Å²) in [6.45, 7) is 6.65. The molecule has 5 rings (SSSR count). The van der Waals surface area contributed by atoms with Crippen molar-refractivity contribution in [1.82, 2.24) is 4.57 Å². The minimum atomic E-state index is -0.0129. The smallest absolute Gasteiger partial charge is 0.293 e. The molecule has 2 aromatic carbocycles. The maximum absolute atomic E-state index is 13.4. The van der Waals surface area contributed by atoms with Gasteiger partial charge in [0.05, 0.1) is 5.52 Å². The average Bonchev–Trinajstić information content (AvgIpc) is 3.48. The molecule has 31 heavy (non-hydrogen) atoms. The summed E-state index contributed by atoms with van der Waals surface area (Å²) in [6, 6.07) is 16.7. The molecule has 2 atom stereocenters. The van der Waals surface area contributed by atoms with Gasteiger partial charge in [-0.25, -0.2) is 0 Å². The minimum absolute atomic E-state index is 0.0129. The molecule has 162 valence electrons. The first kappa shape index (κ1) is 20.1. The van der Waals surface area contributed by atoms with Gasteiger partial charge in [-0.15, -0.1) is 0 Å². The monoisotopic (exact) mass is 417 g/mol. The molecule has 5 heteroatoms. The van der Waals surface area contributed by atoms with Crippen LogP contribution in [0.4, 0.5) is 5.69 Å². The molecule has 1 aliphatic heterocycles. The molecule has 2 fully saturated rings. The molecule has 3 aromatic rings. The fourth-order valence-electron chi connectivity index (χ4n) is 4.87. The number of hydrogen-bond acceptors (Lipinski definition) is 4. The van der Waals surface area contributed by atoms with E-state index in [2.05, 4.69) is 30.9 Å². The van der Waals surface area contributed by atoms with Crippen LogP contribution in [-0.4, -0.2) is 23.7 Å². The molecule has 2 aliphatic rings. The van der Waals surface area contributed by atoms with E-state index in [1.165, 1.54) is 11.3 Å². The van der Waals surface area contributed by atoms with Gasteiger partial charge in [-0.05, 0) is 62.3 Å². The number of aromatic nitrogens is 1. The largest absolute Gasteiger partial charge is 0.483 e. The molecule has 2 N–H and O–H groups in total. The van der Waals surface area contributed by atoms with Crippen LogP contribution < -0.4 is 20.9 Å². The van der Waals surface area contributed by atoms with Gasteiger partial charge in [-0.1, -0.05) is 36.4 Å². The normalized spacial score (nSPS) is 19.7. The predicted molar refractivity (Wildman–Crippen MR) is 126 cm³/mol. The van der Waals surface area contributed by atoms with E-state index in [0.717, 1.165) is 48.8 Å². The molecule has 0 amide bonds. The fraction of sp³-hybridized carbons (Fsp3) is 0.423. The summed E-state index contributed by atoms with van der Waals surface area (Å²) in [4.78, 5) is 15.9. The number of nitrogens with zero attached hydrogens (tertiary/aromatic N) is 2. The standard InChI is InChI=1S/C26H31N3O2/c1-17-23(28-13-12-21(15-28)18(2)27)11-8-20-14-24(31-16-19-6-4-3-5-7-19)26(30)29(25(17)20)22-9-10-22/h3-8,11,14,18,21-22H,9-10,12-13,15-16,27H2,1-2H3/t18-,21+/m0/s1. The lowest BCUT2D eigenvalue weighted by Gasteiger charge is -2.24. The number of aryl methyl sites for hydroxylation is 1. The number of nitrogens with two attached hydrogens (primary N) is 1. The first-order valence-electron chi connectivity index (χ1n) is 11.4. The van der Waals surface area contributed by atoms with Crippen molar-refractivity contribution >= 4 is 16.6 Å². The Bertz CT molecular complexity index is 1150. The fourth-order valence-corrected chi connectivity index (χ4v) is 4.87. The first-order chi connectivity index (χ1) is 15.0. The zero-order valence-corrected chi connectivity index (χ0v) is 18.4. The number of rotatable bonds is 6. The third kappa shape index (κ3) is 3.83. The number of anilines is 1. The van der Waals surface area contributed by atoms with Crippen LogP contribution in [0.15, 0.2) is 53.3 Å². The molecule has 0 spiro atoms. The van der Waals surface area contributed by atoms with Gasteiger partial charge in [0.2, 0.25) is 0 Å². The Morgan fingerprint density at radius 1 is 1.13 bits per heavy atom. The van der Waals surface area contributed by atoms with E-state index >= 15 is 0 Å². The SMILES string of the molecule is Cc1c(N2CC[C@@H]([C@H](C)N)C2)ccc2cc(OCc3ccccc3)c(=O)n(C3CC3)c12. The van der Waals surface area contributed by atoms with Crippen molar-refractivity contribution in [3.05, 3.63) is 70.0 Å². The average molecular weight is 418 g/mol. The summed E-state index contributed by atoms with van der Waals surface area (Å²) in [5.41, 5.74) is 10.7. The van der Waals surface area contributed by atoms with Crippen molar-refractivity contribution in [3.63, 3.8) is 0 Å². The van der Waals surface area contributed by atoms with Crippen molar-refractivity contribution in [2.24, 2.45) is 11.7 Å². The Balaban J connectivity index is 1.53. The number of fused-ring (bicyclic) bond motifs is 1. The molecule has 1 aromatic heterocycles. The number of pyridine rings is 1. The molecule has 0 bridgehead atoms. The maximum atomic E-state index is 13.4. The lowest BCUT2D eigenvalue weighted by molar-refractivity contribution is 0.300. The van der Waals surface area contributed by atoms with Gasteiger partial charge in [-0.3, -0.25) is 4.79 Å². The molecule has 0 unspecified atom stereocenters. The lowest BCUT2D eigenvalue weighted by Crippen LogP contribution is -2.30. The number of benzene rings is 2. The van der Waals surface area contributed by atoms with E-state index < -0.39 is 0 Å². The highest BCUT2D eigenvalue weighted by molar-refractivity contribution is 5.88. The van der Waals surface area contributed by atoms with Gasteiger partial charge < -0.3 is 19.9 Å². The van der Waals surface area contributed by atoms with Crippen LogP contribution in [-0.2, 0) is 6.61 Å². The molecule has 2 heterocycles. The molecule has 0 radical (unpaired) electrons. The van der Waals surface area contributed by atoms with Crippen LogP contribution in [0.5, 0.6) is 5.75 Å². The minimum Gasteiger partial charge on any atom is -0.483 e. The van der Waals surface area contributed by atoms with E-state index in [-0.39, 0.29) is 17.6 Å². The second-order valence-electron chi connectivity index (χ2n) is 9.19. The van der Waals surface area contributed by atoms with Crippen molar-refractivity contribution in [1.29, 1.82) is 0 Å². The molecule has 1 aliphatic carbocycles. The van der Waals surface area contributed by atoms with Crippen LogP contribution in [0.3, 0.4) is 0 Å². The second-order valence-corrected chi connectivity index (χ2v) is 9.19. The number of ether oxygens (including phenoxy) is 1. The van der Waals surface area contributed by atoms with Crippen LogP contribution >= 0.6 is 0 Å². The second kappa shape index (κ2) is 8.04. The molecule has 1 saturated heterocycles. The number of hydrogen-bond donors (Lipinski definition) is 1.